The Labute approximate surface area is 140 Å². The zero-order valence-electron chi connectivity index (χ0n) is 15.0. The molecule has 0 spiro atoms. The molecule has 0 amide bonds. The van der Waals surface area contributed by atoms with Crippen molar-refractivity contribution in [3.05, 3.63) is 34.6 Å². The van der Waals surface area contributed by atoms with Gasteiger partial charge >= 0.3 is 0 Å². The van der Waals surface area contributed by atoms with E-state index < -0.39 is 0 Å². The van der Waals surface area contributed by atoms with Gasteiger partial charge in [-0.3, -0.25) is 4.99 Å². The summed E-state index contributed by atoms with van der Waals surface area (Å²) in [6.07, 6.45) is 12.1. The molecule has 124 valence electrons. The van der Waals surface area contributed by atoms with Crippen LogP contribution in [0.25, 0.3) is 0 Å². The highest BCUT2D eigenvalue weighted by Gasteiger charge is 2.50. The lowest BCUT2D eigenvalue weighted by atomic mass is 9.62. The first kappa shape index (κ1) is 15.2. The van der Waals surface area contributed by atoms with E-state index in [4.69, 9.17) is 4.99 Å². The van der Waals surface area contributed by atoms with E-state index in [2.05, 4.69) is 51.4 Å². The van der Waals surface area contributed by atoms with Crippen LogP contribution in [-0.4, -0.2) is 18.8 Å². The van der Waals surface area contributed by atoms with Gasteiger partial charge in [0.25, 0.3) is 0 Å². The van der Waals surface area contributed by atoms with Gasteiger partial charge in [0, 0.05) is 35.8 Å². The lowest BCUT2D eigenvalue weighted by Gasteiger charge is -2.43. The van der Waals surface area contributed by atoms with Gasteiger partial charge in [-0.1, -0.05) is 31.1 Å². The minimum atomic E-state index is 0.195. The van der Waals surface area contributed by atoms with Crippen molar-refractivity contribution in [1.82, 2.24) is 5.32 Å². The molecule has 5 unspecified atom stereocenters. The summed E-state index contributed by atoms with van der Waals surface area (Å²) < 4.78 is 0. The number of rotatable bonds is 2. The SMILES string of the molecule is CC(C)=CCC1C2CC3=C4C=C2NC1C(C)C(C)(C=NCC4)C3. The Balaban J connectivity index is 1.79. The molecule has 1 N–H and O–H groups in total. The van der Waals surface area contributed by atoms with E-state index >= 15 is 0 Å². The largest absolute Gasteiger partial charge is 0.385 e. The highest BCUT2D eigenvalue weighted by Crippen LogP contribution is 2.53. The second-order valence-electron chi connectivity index (χ2n) is 8.65. The summed E-state index contributed by atoms with van der Waals surface area (Å²) in [5, 5.41) is 3.96. The molecule has 4 bridgehead atoms. The van der Waals surface area contributed by atoms with E-state index in [-0.39, 0.29) is 5.41 Å². The first-order chi connectivity index (χ1) is 11.0. The van der Waals surface area contributed by atoms with E-state index in [1.807, 2.05) is 0 Å². The third kappa shape index (κ3) is 2.42. The smallest absolute Gasteiger partial charge is 0.0426 e. The molecule has 5 atom stereocenters. The molecule has 0 aromatic rings. The van der Waals surface area contributed by atoms with E-state index in [9.17, 15) is 0 Å². The Bertz CT molecular complexity index is 632. The average molecular weight is 310 g/mol. The molecule has 0 radical (unpaired) electrons. The van der Waals surface area contributed by atoms with Crippen LogP contribution in [0.5, 0.6) is 0 Å². The van der Waals surface area contributed by atoms with E-state index in [1.54, 1.807) is 11.1 Å². The summed E-state index contributed by atoms with van der Waals surface area (Å²) >= 11 is 0. The van der Waals surface area contributed by atoms with Gasteiger partial charge in [0.05, 0.1) is 0 Å². The number of nitrogens with zero attached hydrogens (tertiary/aromatic N) is 1. The lowest BCUT2D eigenvalue weighted by Crippen LogP contribution is -2.44. The van der Waals surface area contributed by atoms with Gasteiger partial charge in [-0.15, -0.1) is 0 Å². The molecule has 1 saturated carbocycles. The monoisotopic (exact) mass is 310 g/mol. The second kappa shape index (κ2) is 5.36. The molecule has 2 aliphatic carbocycles. The lowest BCUT2D eigenvalue weighted by molar-refractivity contribution is 0.181. The molecule has 0 aromatic carbocycles. The molecule has 4 rings (SSSR count). The number of nitrogens with one attached hydrogen (secondary N) is 1. The van der Waals surface area contributed by atoms with Crippen molar-refractivity contribution in [2.45, 2.75) is 59.4 Å². The van der Waals surface area contributed by atoms with Crippen molar-refractivity contribution < 1.29 is 0 Å². The Morgan fingerprint density at radius 2 is 2.26 bits per heavy atom. The fraction of sp³-hybridized carbons (Fsp3) is 0.667. The molecule has 1 saturated heterocycles. The summed E-state index contributed by atoms with van der Waals surface area (Å²) in [6, 6.07) is 0.581. The third-order valence-corrected chi connectivity index (χ3v) is 6.83. The predicted octanol–water partition coefficient (Wildman–Crippen LogP) is 4.65. The molecular weight excluding hydrogens is 280 g/mol. The maximum Gasteiger partial charge on any atom is 0.0426 e. The molecule has 0 aromatic heterocycles. The van der Waals surface area contributed by atoms with Crippen LogP contribution >= 0.6 is 0 Å². The van der Waals surface area contributed by atoms with Gasteiger partial charge in [-0.25, -0.2) is 0 Å². The zero-order chi connectivity index (χ0) is 16.2. The molecular formula is C21H30N2. The fourth-order valence-corrected chi connectivity index (χ4v) is 5.25. The Kier molecular flexibility index (Phi) is 3.55. The number of allylic oxidation sites excluding steroid dienone is 5. The maximum absolute atomic E-state index is 4.79. The van der Waals surface area contributed by atoms with Crippen LogP contribution in [0.3, 0.4) is 0 Å². The topological polar surface area (TPSA) is 24.4 Å². The van der Waals surface area contributed by atoms with Gasteiger partial charge in [0.15, 0.2) is 0 Å². The first-order valence-corrected chi connectivity index (χ1v) is 9.31. The fourth-order valence-electron chi connectivity index (χ4n) is 5.25. The minimum absolute atomic E-state index is 0.195. The van der Waals surface area contributed by atoms with Gasteiger partial charge in [-0.05, 0) is 63.0 Å². The van der Waals surface area contributed by atoms with Gasteiger partial charge < -0.3 is 5.32 Å². The number of fused-ring (bicyclic) bond motifs is 2. The average Bonchev–Trinajstić information content (AvgIpc) is 2.85. The second-order valence-corrected chi connectivity index (χ2v) is 8.65. The van der Waals surface area contributed by atoms with Gasteiger partial charge in [0.2, 0.25) is 0 Å². The normalized spacial score (nSPS) is 41.0. The molecule has 2 heterocycles. The zero-order valence-corrected chi connectivity index (χ0v) is 15.0. The molecule has 23 heavy (non-hydrogen) atoms. The summed E-state index contributed by atoms with van der Waals surface area (Å²) in [5.74, 6) is 2.07. The van der Waals surface area contributed by atoms with Crippen LogP contribution in [0, 0.1) is 23.2 Å². The molecule has 2 heteroatoms. The van der Waals surface area contributed by atoms with Crippen LogP contribution in [0.15, 0.2) is 39.6 Å². The van der Waals surface area contributed by atoms with Gasteiger partial charge in [-0.2, -0.15) is 0 Å². The molecule has 2 fully saturated rings. The summed E-state index contributed by atoms with van der Waals surface area (Å²) in [4.78, 5) is 4.79. The quantitative estimate of drug-likeness (QED) is 0.738. The van der Waals surface area contributed by atoms with E-state index in [1.165, 1.54) is 30.5 Å². The van der Waals surface area contributed by atoms with Crippen molar-refractivity contribution in [2.24, 2.45) is 28.2 Å². The predicted molar refractivity (Wildman–Crippen MR) is 97.5 cm³/mol. The number of hydrogen-bond acceptors (Lipinski definition) is 2. The summed E-state index contributed by atoms with van der Waals surface area (Å²) in [7, 11) is 0. The van der Waals surface area contributed by atoms with Gasteiger partial charge in [0.1, 0.15) is 0 Å². The Morgan fingerprint density at radius 1 is 1.43 bits per heavy atom. The van der Waals surface area contributed by atoms with Crippen LogP contribution in [0.4, 0.5) is 0 Å². The highest BCUT2D eigenvalue weighted by molar-refractivity contribution is 5.68. The Morgan fingerprint density at radius 3 is 3.04 bits per heavy atom. The van der Waals surface area contributed by atoms with Crippen LogP contribution in [0.1, 0.15) is 53.4 Å². The van der Waals surface area contributed by atoms with Crippen LogP contribution < -0.4 is 5.32 Å². The number of hydrogen-bond donors (Lipinski definition) is 1. The van der Waals surface area contributed by atoms with Crippen LogP contribution in [0.2, 0.25) is 0 Å². The number of aliphatic imine (C=N–C) groups is 1. The summed E-state index contributed by atoms with van der Waals surface area (Å²) in [5.41, 5.74) is 6.48. The Hall–Kier alpha value is -1.31. The van der Waals surface area contributed by atoms with Crippen molar-refractivity contribution in [2.75, 3.05) is 6.54 Å². The van der Waals surface area contributed by atoms with Crippen LogP contribution in [-0.2, 0) is 0 Å². The highest BCUT2D eigenvalue weighted by atomic mass is 15.0. The third-order valence-electron chi connectivity index (χ3n) is 6.83. The van der Waals surface area contributed by atoms with Crippen molar-refractivity contribution >= 4 is 6.21 Å². The van der Waals surface area contributed by atoms with Crippen molar-refractivity contribution in [3.8, 4) is 0 Å². The summed E-state index contributed by atoms with van der Waals surface area (Å²) in [6.45, 7) is 10.3. The first-order valence-electron chi connectivity index (χ1n) is 9.31. The van der Waals surface area contributed by atoms with E-state index in [0.29, 0.717) is 12.0 Å². The maximum atomic E-state index is 4.79. The van der Waals surface area contributed by atoms with E-state index in [0.717, 1.165) is 24.8 Å². The molecule has 2 aliphatic heterocycles. The van der Waals surface area contributed by atoms with Crippen molar-refractivity contribution in [1.29, 1.82) is 0 Å². The minimum Gasteiger partial charge on any atom is -0.385 e. The molecule has 4 aliphatic rings. The molecule has 2 nitrogen and oxygen atoms in total. The van der Waals surface area contributed by atoms with Crippen molar-refractivity contribution in [3.63, 3.8) is 0 Å². The standard InChI is InChI=1S/C21H30N2/c1-13(2)5-6-17-18-9-16-11-21(4)12-22-8-7-15(16)10-19(18)23-20(17)14(21)3/h5,10,12,14,17-18,20,23H,6-9,11H2,1-4H3.